The number of benzene rings is 2. The average Bonchev–Trinajstić information content (AvgIpc) is 2.58. The van der Waals surface area contributed by atoms with Gasteiger partial charge in [-0.2, -0.15) is 4.72 Å². The standard InChI is InChI=1S/C18H20F2N2O4S/c1-4-26-17-8-6-14(9-11(17)2)27(24,25)22-12(3)18(23)21-16-7-5-13(19)10-15(16)20/h5-10,12,22H,4H2,1-3H3,(H,21,23)/t12-/m0/s1. The molecule has 0 saturated heterocycles. The van der Waals surface area contributed by atoms with E-state index >= 15 is 0 Å². The summed E-state index contributed by atoms with van der Waals surface area (Å²) in [6.45, 7) is 5.28. The number of hydrogen-bond acceptors (Lipinski definition) is 4. The van der Waals surface area contributed by atoms with Gasteiger partial charge in [0, 0.05) is 6.07 Å². The molecule has 0 bridgehead atoms. The second-order valence-electron chi connectivity index (χ2n) is 5.82. The molecule has 0 aliphatic rings. The number of sulfonamides is 1. The van der Waals surface area contributed by atoms with Gasteiger partial charge in [0.05, 0.1) is 23.2 Å². The normalized spacial score (nSPS) is 12.5. The van der Waals surface area contributed by atoms with E-state index in [2.05, 4.69) is 10.0 Å². The summed E-state index contributed by atoms with van der Waals surface area (Å²) < 4.78 is 59.1. The van der Waals surface area contributed by atoms with Gasteiger partial charge in [-0.3, -0.25) is 4.79 Å². The molecule has 0 spiro atoms. The van der Waals surface area contributed by atoms with E-state index < -0.39 is 33.6 Å². The minimum Gasteiger partial charge on any atom is -0.494 e. The minimum atomic E-state index is -3.99. The van der Waals surface area contributed by atoms with Crippen LogP contribution in [-0.4, -0.2) is 27.0 Å². The summed E-state index contributed by atoms with van der Waals surface area (Å²) in [5.41, 5.74) is 0.384. The largest absolute Gasteiger partial charge is 0.494 e. The summed E-state index contributed by atoms with van der Waals surface area (Å²) in [7, 11) is -3.99. The van der Waals surface area contributed by atoms with Crippen molar-refractivity contribution in [2.75, 3.05) is 11.9 Å². The quantitative estimate of drug-likeness (QED) is 0.751. The first kappa shape index (κ1) is 20.8. The van der Waals surface area contributed by atoms with E-state index in [4.69, 9.17) is 4.74 Å². The number of anilines is 1. The maximum Gasteiger partial charge on any atom is 0.242 e. The van der Waals surface area contributed by atoms with Gasteiger partial charge in [-0.05, 0) is 56.7 Å². The van der Waals surface area contributed by atoms with Crippen LogP contribution in [0.2, 0.25) is 0 Å². The number of aryl methyl sites for hydroxylation is 1. The van der Waals surface area contributed by atoms with Gasteiger partial charge < -0.3 is 10.1 Å². The van der Waals surface area contributed by atoms with Gasteiger partial charge in [-0.15, -0.1) is 0 Å². The molecule has 2 aromatic rings. The summed E-state index contributed by atoms with van der Waals surface area (Å²) in [6, 6.07) is 5.79. The highest BCUT2D eigenvalue weighted by Crippen LogP contribution is 2.22. The van der Waals surface area contributed by atoms with Crippen LogP contribution in [-0.2, 0) is 14.8 Å². The van der Waals surface area contributed by atoms with Crippen molar-refractivity contribution >= 4 is 21.6 Å². The topological polar surface area (TPSA) is 84.5 Å². The van der Waals surface area contributed by atoms with Gasteiger partial charge >= 0.3 is 0 Å². The third-order valence-electron chi connectivity index (χ3n) is 3.67. The van der Waals surface area contributed by atoms with Crippen LogP contribution in [0.3, 0.4) is 0 Å². The number of nitrogens with one attached hydrogen (secondary N) is 2. The van der Waals surface area contributed by atoms with Gasteiger partial charge in [0.15, 0.2) is 0 Å². The van der Waals surface area contributed by atoms with Crippen LogP contribution in [0.25, 0.3) is 0 Å². The molecule has 2 rings (SSSR count). The lowest BCUT2D eigenvalue weighted by Gasteiger charge is -2.16. The molecule has 0 aliphatic heterocycles. The smallest absolute Gasteiger partial charge is 0.242 e. The van der Waals surface area contributed by atoms with Crippen molar-refractivity contribution in [3.63, 3.8) is 0 Å². The van der Waals surface area contributed by atoms with Crippen LogP contribution >= 0.6 is 0 Å². The van der Waals surface area contributed by atoms with Gasteiger partial charge in [0.2, 0.25) is 15.9 Å². The lowest BCUT2D eigenvalue weighted by molar-refractivity contribution is -0.117. The number of amides is 1. The Morgan fingerprint density at radius 2 is 1.89 bits per heavy atom. The maximum absolute atomic E-state index is 13.6. The van der Waals surface area contributed by atoms with Crippen LogP contribution in [0.1, 0.15) is 19.4 Å². The molecule has 2 N–H and O–H groups in total. The molecule has 146 valence electrons. The molecule has 1 amide bonds. The highest BCUT2D eigenvalue weighted by molar-refractivity contribution is 7.89. The zero-order valence-electron chi connectivity index (χ0n) is 15.0. The fourth-order valence-corrected chi connectivity index (χ4v) is 3.58. The molecule has 27 heavy (non-hydrogen) atoms. The first-order valence-electron chi connectivity index (χ1n) is 8.15. The van der Waals surface area contributed by atoms with Crippen LogP contribution in [0.5, 0.6) is 5.75 Å². The first-order valence-corrected chi connectivity index (χ1v) is 9.64. The summed E-state index contributed by atoms with van der Waals surface area (Å²) in [6.07, 6.45) is 0. The Morgan fingerprint density at radius 3 is 2.48 bits per heavy atom. The summed E-state index contributed by atoms with van der Waals surface area (Å²) in [5.74, 6) is -1.97. The predicted molar refractivity (Wildman–Crippen MR) is 97.1 cm³/mol. The lowest BCUT2D eigenvalue weighted by Crippen LogP contribution is -2.41. The Labute approximate surface area is 156 Å². The number of rotatable bonds is 7. The van der Waals surface area contributed by atoms with Gasteiger partial charge in [0.25, 0.3) is 0 Å². The van der Waals surface area contributed by atoms with Crippen molar-refractivity contribution in [2.24, 2.45) is 0 Å². The second kappa shape index (κ2) is 8.45. The average molecular weight is 398 g/mol. The van der Waals surface area contributed by atoms with Crippen molar-refractivity contribution in [3.8, 4) is 5.75 Å². The van der Waals surface area contributed by atoms with Gasteiger partial charge in [-0.25, -0.2) is 17.2 Å². The van der Waals surface area contributed by atoms with E-state index in [-0.39, 0.29) is 10.6 Å². The zero-order valence-corrected chi connectivity index (χ0v) is 15.9. The molecule has 0 radical (unpaired) electrons. The summed E-state index contributed by atoms with van der Waals surface area (Å²) in [4.78, 5) is 12.1. The second-order valence-corrected chi connectivity index (χ2v) is 7.53. The molecular formula is C18H20F2N2O4S. The maximum atomic E-state index is 13.6. The molecule has 0 saturated carbocycles. The third kappa shape index (κ3) is 5.24. The van der Waals surface area contributed by atoms with E-state index in [1.54, 1.807) is 6.92 Å². The molecule has 0 aromatic heterocycles. The van der Waals surface area contributed by atoms with E-state index in [0.29, 0.717) is 24.0 Å². The number of carbonyl (C=O) groups is 1. The number of hydrogen-bond donors (Lipinski definition) is 2. The van der Waals surface area contributed by atoms with E-state index in [9.17, 15) is 22.0 Å². The Kier molecular flexibility index (Phi) is 6.50. The van der Waals surface area contributed by atoms with Crippen molar-refractivity contribution in [3.05, 3.63) is 53.6 Å². The van der Waals surface area contributed by atoms with Crippen molar-refractivity contribution < 1.29 is 26.7 Å². The van der Waals surface area contributed by atoms with Crippen LogP contribution < -0.4 is 14.8 Å². The van der Waals surface area contributed by atoms with Crippen LogP contribution in [0, 0.1) is 18.6 Å². The fraction of sp³-hybridized carbons (Fsp3) is 0.278. The Morgan fingerprint density at radius 1 is 1.19 bits per heavy atom. The predicted octanol–water partition coefficient (Wildman–Crippen LogP) is 2.98. The SMILES string of the molecule is CCOc1ccc(S(=O)(=O)N[C@@H](C)C(=O)Nc2ccc(F)cc2F)cc1C. The number of carbonyl (C=O) groups excluding carboxylic acids is 1. The highest BCUT2D eigenvalue weighted by atomic mass is 32.2. The Hall–Kier alpha value is -2.52. The minimum absolute atomic E-state index is 0.0314. The van der Waals surface area contributed by atoms with Gasteiger partial charge in [-0.1, -0.05) is 0 Å². The summed E-state index contributed by atoms with van der Waals surface area (Å²) >= 11 is 0. The zero-order chi connectivity index (χ0) is 20.2. The number of halogens is 2. The van der Waals surface area contributed by atoms with Crippen molar-refractivity contribution in [1.82, 2.24) is 4.72 Å². The van der Waals surface area contributed by atoms with Crippen molar-refractivity contribution in [1.29, 1.82) is 0 Å². The molecule has 0 unspecified atom stereocenters. The Balaban J connectivity index is 2.12. The molecular weight excluding hydrogens is 378 g/mol. The van der Waals surface area contributed by atoms with E-state index in [0.717, 1.165) is 12.1 Å². The highest BCUT2D eigenvalue weighted by Gasteiger charge is 2.23. The molecule has 6 nitrogen and oxygen atoms in total. The lowest BCUT2D eigenvalue weighted by atomic mass is 10.2. The first-order chi connectivity index (χ1) is 12.6. The molecule has 1 atom stereocenters. The molecule has 0 aliphatic carbocycles. The molecule has 0 fully saturated rings. The molecule has 0 heterocycles. The molecule has 9 heteroatoms. The molecule has 2 aromatic carbocycles. The van der Waals surface area contributed by atoms with E-state index in [1.807, 2.05) is 6.92 Å². The monoisotopic (exact) mass is 398 g/mol. The Bertz CT molecular complexity index is 948. The fourth-order valence-electron chi connectivity index (χ4n) is 2.29. The van der Waals surface area contributed by atoms with E-state index in [1.165, 1.54) is 25.1 Å². The van der Waals surface area contributed by atoms with Crippen molar-refractivity contribution in [2.45, 2.75) is 31.7 Å². The number of ether oxygens (including phenoxy) is 1. The third-order valence-corrected chi connectivity index (χ3v) is 5.21. The van der Waals surface area contributed by atoms with Gasteiger partial charge in [0.1, 0.15) is 17.4 Å². The van der Waals surface area contributed by atoms with Crippen LogP contribution in [0.4, 0.5) is 14.5 Å². The van der Waals surface area contributed by atoms with Crippen LogP contribution in [0.15, 0.2) is 41.3 Å². The summed E-state index contributed by atoms with van der Waals surface area (Å²) in [5, 5.41) is 2.22.